The highest BCUT2D eigenvalue weighted by atomic mass is 15.4. The van der Waals surface area contributed by atoms with Crippen LogP contribution in [-0.2, 0) is 6.54 Å². The molecule has 0 amide bonds. The fraction of sp³-hybridized carbons (Fsp3) is 0.400. The normalized spacial score (nSPS) is 10.5. The van der Waals surface area contributed by atoms with Crippen LogP contribution in [0.5, 0.6) is 0 Å². The Morgan fingerprint density at radius 1 is 1.35 bits per heavy atom. The van der Waals surface area contributed by atoms with E-state index in [-0.39, 0.29) is 0 Å². The number of rotatable bonds is 4. The van der Waals surface area contributed by atoms with Crippen LogP contribution < -0.4 is 11.1 Å². The van der Waals surface area contributed by atoms with Gasteiger partial charge in [-0.1, -0.05) is 5.21 Å². The lowest BCUT2D eigenvalue weighted by molar-refractivity contribution is 0.608. The summed E-state index contributed by atoms with van der Waals surface area (Å²) in [6, 6.07) is 0. The zero-order chi connectivity index (χ0) is 12.3. The van der Waals surface area contributed by atoms with Crippen molar-refractivity contribution >= 4 is 11.6 Å². The summed E-state index contributed by atoms with van der Waals surface area (Å²) in [7, 11) is 0. The minimum Gasteiger partial charge on any atom is -0.383 e. The molecule has 0 atom stereocenters. The molecule has 2 heterocycles. The average Bonchev–Trinajstić information content (AvgIpc) is 2.78. The Labute approximate surface area is 99.1 Å². The molecule has 90 valence electrons. The van der Waals surface area contributed by atoms with Crippen molar-refractivity contribution in [2.75, 3.05) is 17.6 Å². The molecule has 0 saturated carbocycles. The number of hydrogen-bond acceptors (Lipinski definition) is 6. The van der Waals surface area contributed by atoms with Crippen molar-refractivity contribution in [2.24, 2.45) is 0 Å². The van der Waals surface area contributed by atoms with Gasteiger partial charge in [0.1, 0.15) is 17.5 Å². The fourth-order valence-electron chi connectivity index (χ4n) is 1.46. The monoisotopic (exact) mass is 233 g/mol. The largest absolute Gasteiger partial charge is 0.383 e. The lowest BCUT2D eigenvalue weighted by atomic mass is 10.3. The van der Waals surface area contributed by atoms with Gasteiger partial charge < -0.3 is 11.1 Å². The third-order valence-electron chi connectivity index (χ3n) is 2.40. The summed E-state index contributed by atoms with van der Waals surface area (Å²) in [4.78, 5) is 8.40. The van der Waals surface area contributed by atoms with Crippen LogP contribution in [-0.4, -0.2) is 31.5 Å². The van der Waals surface area contributed by atoms with Gasteiger partial charge in [-0.3, -0.25) is 4.68 Å². The molecule has 0 aliphatic carbocycles. The number of aryl methyl sites for hydroxylation is 1. The Hall–Kier alpha value is -2.18. The quantitative estimate of drug-likeness (QED) is 0.792. The van der Waals surface area contributed by atoms with E-state index in [1.54, 1.807) is 10.9 Å². The van der Waals surface area contributed by atoms with Crippen LogP contribution >= 0.6 is 0 Å². The zero-order valence-electron chi connectivity index (χ0n) is 9.88. The molecule has 7 heteroatoms. The molecule has 0 saturated heterocycles. The van der Waals surface area contributed by atoms with Gasteiger partial charge in [-0.05, 0) is 13.8 Å². The lowest BCUT2D eigenvalue weighted by Crippen LogP contribution is -2.14. The molecule has 2 aromatic rings. The molecule has 0 aromatic carbocycles. The van der Waals surface area contributed by atoms with E-state index in [0.29, 0.717) is 18.2 Å². The van der Waals surface area contributed by atoms with Crippen molar-refractivity contribution in [1.29, 1.82) is 0 Å². The predicted molar refractivity (Wildman–Crippen MR) is 64.4 cm³/mol. The van der Waals surface area contributed by atoms with Gasteiger partial charge in [-0.2, -0.15) is 0 Å². The minimum absolute atomic E-state index is 0.515. The summed E-state index contributed by atoms with van der Waals surface area (Å²) < 4.78 is 1.75. The van der Waals surface area contributed by atoms with Gasteiger partial charge in [0.25, 0.3) is 0 Å². The first-order chi connectivity index (χ1) is 8.16. The molecule has 3 N–H and O–H groups in total. The van der Waals surface area contributed by atoms with Crippen molar-refractivity contribution in [3.8, 4) is 0 Å². The third kappa shape index (κ3) is 2.68. The zero-order valence-corrected chi connectivity index (χ0v) is 9.88. The topological polar surface area (TPSA) is 94.5 Å². The Balaban J connectivity index is 1.99. The highest BCUT2D eigenvalue weighted by Gasteiger charge is 2.05. The van der Waals surface area contributed by atoms with Crippen molar-refractivity contribution in [1.82, 2.24) is 25.0 Å². The van der Waals surface area contributed by atoms with Crippen LogP contribution in [0.15, 0.2) is 12.4 Å². The van der Waals surface area contributed by atoms with E-state index < -0.39 is 0 Å². The van der Waals surface area contributed by atoms with Crippen LogP contribution in [0.4, 0.5) is 11.6 Å². The van der Waals surface area contributed by atoms with Crippen LogP contribution in [0.3, 0.4) is 0 Å². The van der Waals surface area contributed by atoms with Gasteiger partial charge in [0.2, 0.25) is 0 Å². The number of aromatic nitrogens is 5. The second-order valence-electron chi connectivity index (χ2n) is 3.72. The Kier molecular flexibility index (Phi) is 3.17. The molecule has 0 aliphatic rings. The molecule has 17 heavy (non-hydrogen) atoms. The summed E-state index contributed by atoms with van der Waals surface area (Å²) in [5, 5.41) is 10.8. The van der Waals surface area contributed by atoms with Gasteiger partial charge in [0.15, 0.2) is 0 Å². The second-order valence-corrected chi connectivity index (χ2v) is 3.72. The van der Waals surface area contributed by atoms with Crippen LogP contribution in [0.2, 0.25) is 0 Å². The van der Waals surface area contributed by atoms with Gasteiger partial charge >= 0.3 is 0 Å². The highest BCUT2D eigenvalue weighted by molar-refractivity contribution is 5.54. The van der Waals surface area contributed by atoms with Crippen molar-refractivity contribution in [3.05, 3.63) is 23.8 Å². The van der Waals surface area contributed by atoms with E-state index in [4.69, 9.17) is 5.73 Å². The van der Waals surface area contributed by atoms with Gasteiger partial charge in [0, 0.05) is 18.3 Å². The van der Waals surface area contributed by atoms with Crippen LogP contribution in [0.25, 0.3) is 0 Å². The van der Waals surface area contributed by atoms with E-state index in [1.165, 1.54) is 0 Å². The maximum Gasteiger partial charge on any atom is 0.134 e. The SMILES string of the molecule is Cc1nc(N)c(C)c(NCCn2ccnn2)n1. The van der Waals surface area contributed by atoms with E-state index in [0.717, 1.165) is 17.9 Å². The fourth-order valence-corrected chi connectivity index (χ4v) is 1.46. The Bertz CT molecular complexity index is 492. The maximum absolute atomic E-state index is 5.77. The van der Waals surface area contributed by atoms with Crippen molar-refractivity contribution in [2.45, 2.75) is 20.4 Å². The predicted octanol–water partition coefficient (Wildman–Crippen LogP) is 0.379. The van der Waals surface area contributed by atoms with Crippen LogP contribution in [0.1, 0.15) is 11.4 Å². The Morgan fingerprint density at radius 3 is 2.88 bits per heavy atom. The number of nitrogens with zero attached hydrogens (tertiary/aromatic N) is 5. The van der Waals surface area contributed by atoms with Gasteiger partial charge in [-0.15, -0.1) is 5.10 Å². The summed E-state index contributed by atoms with van der Waals surface area (Å²) in [6.45, 7) is 5.15. The van der Waals surface area contributed by atoms with E-state index in [1.807, 2.05) is 20.0 Å². The second kappa shape index (κ2) is 4.77. The number of nitrogen functional groups attached to an aromatic ring is 1. The molecule has 0 unspecified atom stereocenters. The summed E-state index contributed by atoms with van der Waals surface area (Å²) in [5.41, 5.74) is 6.64. The first-order valence-corrected chi connectivity index (χ1v) is 5.35. The number of nitrogens with two attached hydrogens (primary N) is 1. The minimum atomic E-state index is 0.515. The number of anilines is 2. The molecular weight excluding hydrogens is 218 g/mol. The molecule has 0 radical (unpaired) electrons. The molecule has 2 rings (SSSR count). The summed E-state index contributed by atoms with van der Waals surface area (Å²) in [6.07, 6.45) is 3.46. The first-order valence-electron chi connectivity index (χ1n) is 5.35. The Morgan fingerprint density at radius 2 is 2.18 bits per heavy atom. The lowest BCUT2D eigenvalue weighted by Gasteiger charge is -2.10. The number of nitrogens with one attached hydrogen (secondary N) is 1. The maximum atomic E-state index is 5.77. The smallest absolute Gasteiger partial charge is 0.134 e. The molecule has 2 aromatic heterocycles. The first kappa shape index (κ1) is 11.3. The molecule has 7 nitrogen and oxygen atoms in total. The molecule has 0 aliphatic heterocycles. The number of hydrogen-bond donors (Lipinski definition) is 2. The van der Waals surface area contributed by atoms with E-state index in [9.17, 15) is 0 Å². The molecule has 0 bridgehead atoms. The van der Waals surface area contributed by atoms with Crippen LogP contribution in [0, 0.1) is 13.8 Å². The van der Waals surface area contributed by atoms with E-state index in [2.05, 4.69) is 25.6 Å². The van der Waals surface area contributed by atoms with Gasteiger partial charge in [0.05, 0.1) is 12.7 Å². The van der Waals surface area contributed by atoms with E-state index >= 15 is 0 Å². The molecule has 0 fully saturated rings. The molecular formula is C10H15N7. The standard InChI is InChI=1S/C10H15N7/c1-7-9(11)14-8(2)15-10(7)12-3-5-17-6-4-13-16-17/h4,6H,3,5H2,1-2H3,(H3,11,12,14,15). The molecule has 0 spiro atoms. The van der Waals surface area contributed by atoms with Crippen molar-refractivity contribution in [3.63, 3.8) is 0 Å². The van der Waals surface area contributed by atoms with Crippen molar-refractivity contribution < 1.29 is 0 Å². The summed E-state index contributed by atoms with van der Waals surface area (Å²) >= 11 is 0. The highest BCUT2D eigenvalue weighted by Crippen LogP contribution is 2.16. The third-order valence-corrected chi connectivity index (χ3v) is 2.40. The summed E-state index contributed by atoms with van der Waals surface area (Å²) in [5.74, 6) is 1.95. The average molecular weight is 233 g/mol. The van der Waals surface area contributed by atoms with Gasteiger partial charge in [-0.25, -0.2) is 9.97 Å².